The summed E-state index contributed by atoms with van der Waals surface area (Å²) < 4.78 is 7.95. The maximum absolute atomic E-state index is 12.5. The molecule has 7 heteroatoms. The molecule has 25 heavy (non-hydrogen) atoms. The van der Waals surface area contributed by atoms with Crippen molar-refractivity contribution < 1.29 is 9.53 Å². The molecule has 1 atom stereocenters. The quantitative estimate of drug-likeness (QED) is 0.764. The molecule has 1 aliphatic heterocycles. The van der Waals surface area contributed by atoms with E-state index in [1.54, 1.807) is 12.5 Å². The minimum Gasteiger partial charge on any atom is -0.365 e. The average Bonchev–Trinajstić information content (AvgIpc) is 3.26. The van der Waals surface area contributed by atoms with Crippen molar-refractivity contribution >= 4 is 5.91 Å². The Kier molecular flexibility index (Phi) is 4.07. The smallest absolute Gasteiger partial charge is 0.272 e. The molecule has 0 bridgehead atoms. The number of H-pyrrole nitrogens is 1. The van der Waals surface area contributed by atoms with Gasteiger partial charge in [-0.3, -0.25) is 9.89 Å². The highest BCUT2D eigenvalue weighted by Gasteiger charge is 2.26. The maximum Gasteiger partial charge on any atom is 0.272 e. The van der Waals surface area contributed by atoms with E-state index < -0.39 is 0 Å². The fourth-order valence-corrected chi connectivity index (χ4v) is 3.00. The summed E-state index contributed by atoms with van der Waals surface area (Å²) in [7, 11) is 0. The molecule has 128 valence electrons. The summed E-state index contributed by atoms with van der Waals surface area (Å²) in [6.07, 6.45) is 3.41. The molecule has 4 rings (SSSR count). The normalized spacial score (nSPS) is 16.4. The van der Waals surface area contributed by atoms with E-state index in [2.05, 4.69) is 20.5 Å². The largest absolute Gasteiger partial charge is 0.365 e. The van der Waals surface area contributed by atoms with Crippen molar-refractivity contribution in [2.45, 2.75) is 32.7 Å². The number of aromatic amines is 1. The van der Waals surface area contributed by atoms with E-state index in [4.69, 9.17) is 4.74 Å². The van der Waals surface area contributed by atoms with Crippen molar-refractivity contribution in [1.82, 2.24) is 25.1 Å². The van der Waals surface area contributed by atoms with Crippen LogP contribution < -0.4 is 5.32 Å². The van der Waals surface area contributed by atoms with E-state index in [1.807, 2.05) is 41.8 Å². The second kappa shape index (κ2) is 6.52. The predicted octanol–water partition coefficient (Wildman–Crippen LogP) is 2.12. The van der Waals surface area contributed by atoms with E-state index in [0.717, 1.165) is 22.5 Å². The zero-order chi connectivity index (χ0) is 17.2. The SMILES string of the molecule is Cc1[nH]ncc1CNC(=O)c1ncn2c1CO[C@H](c1ccccc1)C2. The zero-order valence-electron chi connectivity index (χ0n) is 13.9. The Morgan fingerprint density at radius 3 is 3.00 bits per heavy atom. The van der Waals surface area contributed by atoms with Gasteiger partial charge in [0.1, 0.15) is 6.10 Å². The summed E-state index contributed by atoms with van der Waals surface area (Å²) >= 11 is 0. The van der Waals surface area contributed by atoms with Gasteiger partial charge in [0.05, 0.1) is 31.4 Å². The Labute approximate surface area is 145 Å². The summed E-state index contributed by atoms with van der Waals surface area (Å²) in [5, 5.41) is 9.70. The van der Waals surface area contributed by atoms with Crippen LogP contribution in [0.3, 0.4) is 0 Å². The van der Waals surface area contributed by atoms with Gasteiger partial charge in [0.25, 0.3) is 5.91 Å². The lowest BCUT2D eigenvalue weighted by Crippen LogP contribution is -2.27. The third kappa shape index (κ3) is 3.06. The first-order valence-electron chi connectivity index (χ1n) is 8.20. The minimum absolute atomic E-state index is 0.0209. The van der Waals surface area contributed by atoms with Gasteiger partial charge in [-0.25, -0.2) is 4.98 Å². The van der Waals surface area contributed by atoms with Crippen molar-refractivity contribution in [3.05, 3.63) is 71.1 Å². The second-order valence-corrected chi connectivity index (χ2v) is 6.11. The monoisotopic (exact) mass is 337 g/mol. The molecule has 0 unspecified atom stereocenters. The number of carbonyl (C=O) groups excluding carboxylic acids is 1. The van der Waals surface area contributed by atoms with Crippen molar-refractivity contribution in [2.75, 3.05) is 0 Å². The van der Waals surface area contributed by atoms with Gasteiger partial charge in [0, 0.05) is 17.8 Å². The number of aryl methyl sites for hydroxylation is 1. The van der Waals surface area contributed by atoms with E-state index in [0.29, 0.717) is 25.4 Å². The molecule has 3 aromatic rings. The standard InChI is InChI=1S/C18H19N5O2/c1-12-14(8-21-22-12)7-19-18(24)17-15-10-25-16(9-23(15)11-20-17)13-5-3-2-4-6-13/h2-6,8,11,16H,7,9-10H2,1H3,(H,19,24)(H,21,22)/t16-/m0/s1. The van der Waals surface area contributed by atoms with Gasteiger partial charge in [0.15, 0.2) is 5.69 Å². The van der Waals surface area contributed by atoms with Gasteiger partial charge in [-0.05, 0) is 12.5 Å². The van der Waals surface area contributed by atoms with Crippen molar-refractivity contribution in [3.63, 3.8) is 0 Å². The number of benzene rings is 1. The van der Waals surface area contributed by atoms with Gasteiger partial charge in [-0.2, -0.15) is 5.10 Å². The molecule has 1 amide bonds. The lowest BCUT2D eigenvalue weighted by Gasteiger charge is -2.25. The molecule has 0 saturated carbocycles. The van der Waals surface area contributed by atoms with Crippen LogP contribution in [0.1, 0.15) is 39.1 Å². The number of amides is 1. The Morgan fingerprint density at radius 1 is 1.40 bits per heavy atom. The first-order chi connectivity index (χ1) is 12.2. The van der Waals surface area contributed by atoms with Gasteiger partial charge in [0.2, 0.25) is 0 Å². The van der Waals surface area contributed by atoms with E-state index in [-0.39, 0.29) is 12.0 Å². The number of aromatic nitrogens is 4. The van der Waals surface area contributed by atoms with Crippen LogP contribution in [-0.2, 0) is 24.4 Å². The van der Waals surface area contributed by atoms with Crippen molar-refractivity contribution in [3.8, 4) is 0 Å². The van der Waals surface area contributed by atoms with Crippen LogP contribution in [-0.4, -0.2) is 25.7 Å². The van der Waals surface area contributed by atoms with Gasteiger partial charge < -0.3 is 14.6 Å². The second-order valence-electron chi connectivity index (χ2n) is 6.11. The number of hydrogen-bond donors (Lipinski definition) is 2. The number of carbonyl (C=O) groups is 1. The van der Waals surface area contributed by atoms with Crippen LogP contribution in [0.4, 0.5) is 0 Å². The third-order valence-electron chi connectivity index (χ3n) is 4.49. The summed E-state index contributed by atoms with van der Waals surface area (Å²) in [6, 6.07) is 10.1. The Morgan fingerprint density at radius 2 is 2.24 bits per heavy atom. The van der Waals surface area contributed by atoms with Crippen LogP contribution in [0.2, 0.25) is 0 Å². The Balaban J connectivity index is 1.46. The lowest BCUT2D eigenvalue weighted by atomic mass is 10.1. The van der Waals surface area contributed by atoms with Gasteiger partial charge in [-0.1, -0.05) is 30.3 Å². The van der Waals surface area contributed by atoms with E-state index in [9.17, 15) is 4.79 Å². The van der Waals surface area contributed by atoms with Crippen LogP contribution in [0.5, 0.6) is 0 Å². The Bertz CT molecular complexity index is 884. The molecule has 0 spiro atoms. The first-order valence-corrected chi connectivity index (χ1v) is 8.20. The molecular weight excluding hydrogens is 318 g/mol. The van der Waals surface area contributed by atoms with Crippen LogP contribution >= 0.6 is 0 Å². The molecule has 0 aliphatic carbocycles. The van der Waals surface area contributed by atoms with Crippen molar-refractivity contribution in [2.24, 2.45) is 0 Å². The zero-order valence-corrected chi connectivity index (χ0v) is 13.9. The Hall–Kier alpha value is -2.93. The summed E-state index contributed by atoms with van der Waals surface area (Å²) in [4.78, 5) is 16.8. The van der Waals surface area contributed by atoms with E-state index in [1.165, 1.54) is 0 Å². The van der Waals surface area contributed by atoms with Crippen LogP contribution in [0.25, 0.3) is 0 Å². The lowest BCUT2D eigenvalue weighted by molar-refractivity contribution is 0.00257. The topological polar surface area (TPSA) is 84.8 Å². The highest BCUT2D eigenvalue weighted by molar-refractivity contribution is 5.93. The number of rotatable bonds is 4. The van der Waals surface area contributed by atoms with Crippen LogP contribution in [0.15, 0.2) is 42.9 Å². The van der Waals surface area contributed by atoms with Gasteiger partial charge in [-0.15, -0.1) is 0 Å². The number of imidazole rings is 1. The molecule has 7 nitrogen and oxygen atoms in total. The molecular formula is C18H19N5O2. The summed E-state index contributed by atoms with van der Waals surface area (Å²) in [5.74, 6) is -0.198. The molecule has 2 N–H and O–H groups in total. The molecule has 0 radical (unpaired) electrons. The third-order valence-corrected chi connectivity index (χ3v) is 4.49. The average molecular weight is 337 g/mol. The number of fused-ring (bicyclic) bond motifs is 1. The number of hydrogen-bond acceptors (Lipinski definition) is 4. The molecule has 2 aromatic heterocycles. The molecule has 3 heterocycles. The molecule has 0 fully saturated rings. The van der Waals surface area contributed by atoms with Gasteiger partial charge >= 0.3 is 0 Å². The fourth-order valence-electron chi connectivity index (χ4n) is 3.00. The fraction of sp³-hybridized carbons (Fsp3) is 0.278. The molecule has 1 aromatic carbocycles. The maximum atomic E-state index is 12.5. The predicted molar refractivity (Wildman–Crippen MR) is 90.7 cm³/mol. The number of nitrogens with one attached hydrogen (secondary N) is 2. The van der Waals surface area contributed by atoms with E-state index >= 15 is 0 Å². The van der Waals surface area contributed by atoms with Crippen LogP contribution in [0, 0.1) is 6.92 Å². The summed E-state index contributed by atoms with van der Waals surface area (Å²) in [5.41, 5.74) is 4.27. The number of nitrogens with zero attached hydrogens (tertiary/aromatic N) is 3. The molecule has 0 saturated heterocycles. The highest BCUT2D eigenvalue weighted by Crippen LogP contribution is 2.27. The first kappa shape index (κ1) is 15.6. The molecule has 1 aliphatic rings. The minimum atomic E-state index is -0.198. The van der Waals surface area contributed by atoms with Crippen molar-refractivity contribution in [1.29, 1.82) is 0 Å². The summed E-state index contributed by atoms with van der Waals surface area (Å²) in [6.45, 7) is 3.36. The highest BCUT2D eigenvalue weighted by atomic mass is 16.5. The number of ether oxygens (including phenoxy) is 1.